The first kappa shape index (κ1) is 7.63. The third-order valence-electron chi connectivity index (χ3n) is 0.821. The number of ketones is 1. The topological polar surface area (TPSA) is 26.3 Å². The number of hydrogen-bond acceptors (Lipinski definition) is 2. The average molecular weight is 115 g/mol. The van der Waals surface area contributed by atoms with Crippen molar-refractivity contribution < 1.29 is 9.53 Å². The number of rotatable bonds is 3. The Morgan fingerprint density at radius 3 is 2.50 bits per heavy atom. The zero-order valence-corrected chi connectivity index (χ0v) is 5.31. The summed E-state index contributed by atoms with van der Waals surface area (Å²) in [6, 6.07) is 0. The zero-order chi connectivity index (χ0) is 6.57. The Morgan fingerprint density at radius 1 is 1.88 bits per heavy atom. The molecule has 47 valence electrons. The standard InChI is InChI=1S/C6H11O2/c1-4-8-6(3)5(2)7/h6H,3-4H2,1-2H3. The van der Waals surface area contributed by atoms with Crippen LogP contribution in [0.5, 0.6) is 0 Å². The fraction of sp³-hybridized carbons (Fsp3) is 0.667. The summed E-state index contributed by atoms with van der Waals surface area (Å²) < 4.78 is 4.84. The van der Waals surface area contributed by atoms with Crippen LogP contribution in [-0.2, 0) is 9.53 Å². The van der Waals surface area contributed by atoms with Crippen molar-refractivity contribution in [2.24, 2.45) is 0 Å². The molecule has 0 fully saturated rings. The van der Waals surface area contributed by atoms with Gasteiger partial charge in [0, 0.05) is 6.61 Å². The van der Waals surface area contributed by atoms with Crippen molar-refractivity contribution >= 4 is 5.78 Å². The van der Waals surface area contributed by atoms with Gasteiger partial charge in [-0.05, 0) is 20.8 Å². The molecule has 0 aliphatic heterocycles. The summed E-state index contributed by atoms with van der Waals surface area (Å²) in [4.78, 5) is 10.3. The summed E-state index contributed by atoms with van der Waals surface area (Å²) in [5.74, 6) is -0.0214. The van der Waals surface area contributed by atoms with E-state index in [2.05, 4.69) is 6.92 Å². The molecule has 2 heteroatoms. The minimum atomic E-state index is -0.472. The highest BCUT2D eigenvalue weighted by molar-refractivity contribution is 5.80. The maximum Gasteiger partial charge on any atom is 0.158 e. The number of carbonyl (C=O) groups is 1. The van der Waals surface area contributed by atoms with Crippen LogP contribution in [0.15, 0.2) is 0 Å². The molecule has 2 nitrogen and oxygen atoms in total. The third-order valence-corrected chi connectivity index (χ3v) is 0.821. The SMILES string of the molecule is [CH2]C(OCC)C(C)=O. The molecule has 0 amide bonds. The quantitative estimate of drug-likeness (QED) is 0.544. The highest BCUT2D eigenvalue weighted by Crippen LogP contribution is 1.88. The Kier molecular flexibility index (Phi) is 3.44. The van der Waals surface area contributed by atoms with Gasteiger partial charge in [0.1, 0.15) is 6.10 Å². The number of carbonyl (C=O) groups excluding carboxylic acids is 1. The molecule has 0 aliphatic carbocycles. The summed E-state index contributed by atoms with van der Waals surface area (Å²) in [6.07, 6.45) is -0.472. The Bertz CT molecular complexity index is 78.6. The predicted molar refractivity (Wildman–Crippen MR) is 31.5 cm³/mol. The zero-order valence-electron chi connectivity index (χ0n) is 5.31. The fourth-order valence-electron chi connectivity index (χ4n) is 0.319. The largest absolute Gasteiger partial charge is 0.371 e. The Morgan fingerprint density at radius 2 is 2.38 bits per heavy atom. The molecule has 0 aromatic carbocycles. The Balaban J connectivity index is 3.32. The first-order chi connectivity index (χ1) is 3.68. The van der Waals surface area contributed by atoms with Crippen molar-refractivity contribution in [1.29, 1.82) is 0 Å². The Labute approximate surface area is 49.8 Å². The predicted octanol–water partition coefficient (Wildman–Crippen LogP) is 0.815. The monoisotopic (exact) mass is 115 g/mol. The third kappa shape index (κ3) is 2.75. The molecule has 0 spiro atoms. The van der Waals surface area contributed by atoms with Crippen molar-refractivity contribution in [1.82, 2.24) is 0 Å². The van der Waals surface area contributed by atoms with Crippen LogP contribution in [0, 0.1) is 6.92 Å². The second kappa shape index (κ2) is 3.61. The molecule has 1 unspecified atom stereocenters. The van der Waals surface area contributed by atoms with Crippen molar-refractivity contribution in [2.75, 3.05) is 6.61 Å². The van der Waals surface area contributed by atoms with Crippen LogP contribution in [-0.4, -0.2) is 18.5 Å². The smallest absolute Gasteiger partial charge is 0.158 e. The first-order valence-corrected chi connectivity index (χ1v) is 2.63. The van der Waals surface area contributed by atoms with E-state index >= 15 is 0 Å². The summed E-state index contributed by atoms with van der Waals surface area (Å²) in [7, 11) is 0. The van der Waals surface area contributed by atoms with Gasteiger partial charge in [-0.2, -0.15) is 0 Å². The maximum atomic E-state index is 10.3. The van der Waals surface area contributed by atoms with Gasteiger partial charge >= 0.3 is 0 Å². The van der Waals surface area contributed by atoms with Crippen LogP contribution in [0.2, 0.25) is 0 Å². The molecule has 8 heavy (non-hydrogen) atoms. The van der Waals surface area contributed by atoms with E-state index in [1.807, 2.05) is 6.92 Å². The van der Waals surface area contributed by atoms with E-state index in [1.165, 1.54) is 6.92 Å². The van der Waals surface area contributed by atoms with E-state index < -0.39 is 6.10 Å². The van der Waals surface area contributed by atoms with E-state index in [9.17, 15) is 4.79 Å². The van der Waals surface area contributed by atoms with Crippen molar-refractivity contribution in [3.8, 4) is 0 Å². The highest BCUT2D eigenvalue weighted by Gasteiger charge is 2.04. The minimum absolute atomic E-state index is 0.0214. The number of hydrogen-bond donors (Lipinski definition) is 0. The lowest BCUT2D eigenvalue weighted by atomic mass is 10.3. The van der Waals surface area contributed by atoms with Gasteiger partial charge in [-0.15, -0.1) is 0 Å². The second-order valence-corrected chi connectivity index (χ2v) is 1.55. The summed E-state index contributed by atoms with van der Waals surface area (Å²) >= 11 is 0. The van der Waals surface area contributed by atoms with Gasteiger partial charge in [-0.3, -0.25) is 4.79 Å². The van der Waals surface area contributed by atoms with Gasteiger partial charge < -0.3 is 4.74 Å². The molecule has 0 saturated heterocycles. The lowest BCUT2D eigenvalue weighted by Gasteiger charge is -2.04. The average Bonchev–Trinajstić information content (AvgIpc) is 1.67. The second-order valence-electron chi connectivity index (χ2n) is 1.55. The van der Waals surface area contributed by atoms with Crippen molar-refractivity contribution in [2.45, 2.75) is 20.0 Å². The van der Waals surface area contributed by atoms with Crippen LogP contribution in [0.1, 0.15) is 13.8 Å². The van der Waals surface area contributed by atoms with Gasteiger partial charge in [-0.1, -0.05) is 0 Å². The summed E-state index contributed by atoms with van der Waals surface area (Å²) in [5.41, 5.74) is 0. The maximum absolute atomic E-state index is 10.3. The van der Waals surface area contributed by atoms with E-state index in [4.69, 9.17) is 4.74 Å². The summed E-state index contributed by atoms with van der Waals surface area (Å²) in [5, 5.41) is 0. The molecular weight excluding hydrogens is 104 g/mol. The van der Waals surface area contributed by atoms with Gasteiger partial charge in [0.2, 0.25) is 0 Å². The highest BCUT2D eigenvalue weighted by atomic mass is 16.5. The minimum Gasteiger partial charge on any atom is -0.371 e. The number of ether oxygens (including phenoxy) is 1. The molecular formula is C6H11O2. The first-order valence-electron chi connectivity index (χ1n) is 2.63. The van der Waals surface area contributed by atoms with Crippen molar-refractivity contribution in [3.63, 3.8) is 0 Å². The molecule has 0 saturated carbocycles. The summed E-state index contributed by atoms with van der Waals surface area (Å²) in [6.45, 7) is 7.30. The number of Topliss-reactive ketones (excluding diaryl/α,β-unsaturated/α-hetero) is 1. The lowest BCUT2D eigenvalue weighted by Crippen LogP contribution is -2.17. The van der Waals surface area contributed by atoms with E-state index in [1.54, 1.807) is 0 Å². The molecule has 1 radical (unpaired) electrons. The molecule has 0 aliphatic rings. The molecule has 0 bridgehead atoms. The van der Waals surface area contributed by atoms with Gasteiger partial charge in [-0.25, -0.2) is 0 Å². The van der Waals surface area contributed by atoms with Crippen molar-refractivity contribution in [3.05, 3.63) is 6.92 Å². The van der Waals surface area contributed by atoms with Gasteiger partial charge in [0.25, 0.3) is 0 Å². The molecule has 0 rings (SSSR count). The van der Waals surface area contributed by atoms with E-state index in [-0.39, 0.29) is 5.78 Å². The van der Waals surface area contributed by atoms with Crippen LogP contribution in [0.25, 0.3) is 0 Å². The van der Waals surface area contributed by atoms with Gasteiger partial charge in [0.05, 0.1) is 0 Å². The molecule has 0 N–H and O–H groups in total. The normalized spacial score (nSPS) is 13.4. The van der Waals surface area contributed by atoms with Crippen LogP contribution >= 0.6 is 0 Å². The fourth-order valence-corrected chi connectivity index (χ4v) is 0.319. The van der Waals surface area contributed by atoms with Crippen LogP contribution in [0.4, 0.5) is 0 Å². The Hall–Kier alpha value is -0.370. The van der Waals surface area contributed by atoms with Gasteiger partial charge in [0.15, 0.2) is 5.78 Å². The van der Waals surface area contributed by atoms with E-state index in [0.717, 1.165) is 0 Å². The van der Waals surface area contributed by atoms with E-state index in [0.29, 0.717) is 6.61 Å². The molecule has 0 heterocycles. The molecule has 0 aromatic rings. The van der Waals surface area contributed by atoms with Crippen LogP contribution < -0.4 is 0 Å². The lowest BCUT2D eigenvalue weighted by molar-refractivity contribution is -0.125. The van der Waals surface area contributed by atoms with Crippen LogP contribution in [0.3, 0.4) is 0 Å². The molecule has 1 atom stereocenters. The molecule has 0 aromatic heterocycles.